The number of anilines is 1. The van der Waals surface area contributed by atoms with E-state index in [1.807, 2.05) is 23.3 Å². The van der Waals surface area contributed by atoms with Gasteiger partial charge in [-0.1, -0.05) is 13.0 Å². The largest absolute Gasteiger partial charge is 0.454 e. The van der Waals surface area contributed by atoms with Crippen molar-refractivity contribution in [3.05, 3.63) is 40.1 Å². The third-order valence-corrected chi connectivity index (χ3v) is 4.80. The normalized spacial score (nSPS) is 12.4. The fraction of sp³-hybridized carbons (Fsp3) is 0.333. The summed E-state index contributed by atoms with van der Waals surface area (Å²) < 4.78 is 10.6. The van der Waals surface area contributed by atoms with Gasteiger partial charge in [-0.25, -0.2) is 0 Å². The maximum atomic E-state index is 12.5. The van der Waals surface area contributed by atoms with E-state index in [2.05, 4.69) is 11.4 Å². The average Bonchev–Trinajstić information content (AvgIpc) is 3.24. The SMILES string of the molecule is CCN(CC(=O)Nc1cc2c(cc1C(C)=O)OCO2)Cc1cccs1. The molecule has 25 heavy (non-hydrogen) atoms. The Balaban J connectivity index is 1.70. The summed E-state index contributed by atoms with van der Waals surface area (Å²) in [6.07, 6.45) is 0. The van der Waals surface area contributed by atoms with Crippen LogP contribution in [0.4, 0.5) is 5.69 Å². The lowest BCUT2D eigenvalue weighted by atomic mass is 10.1. The molecular formula is C18H20N2O4S. The molecular weight excluding hydrogens is 340 g/mol. The Morgan fingerprint density at radius 2 is 2.04 bits per heavy atom. The number of carbonyl (C=O) groups is 2. The predicted octanol–water partition coefficient (Wildman–Crippen LogP) is 3.14. The van der Waals surface area contributed by atoms with E-state index >= 15 is 0 Å². The molecule has 0 saturated heterocycles. The van der Waals surface area contributed by atoms with Crippen LogP contribution in [0, 0.1) is 0 Å². The number of rotatable bonds is 7. The molecule has 2 heterocycles. The molecule has 0 radical (unpaired) electrons. The highest BCUT2D eigenvalue weighted by Gasteiger charge is 2.21. The topological polar surface area (TPSA) is 67.9 Å². The van der Waals surface area contributed by atoms with E-state index in [-0.39, 0.29) is 25.0 Å². The zero-order chi connectivity index (χ0) is 17.8. The summed E-state index contributed by atoms with van der Waals surface area (Å²) in [6, 6.07) is 7.31. The van der Waals surface area contributed by atoms with Gasteiger partial charge in [0.1, 0.15) is 0 Å². The van der Waals surface area contributed by atoms with Gasteiger partial charge >= 0.3 is 0 Å². The van der Waals surface area contributed by atoms with E-state index in [0.29, 0.717) is 22.7 Å². The summed E-state index contributed by atoms with van der Waals surface area (Å²) in [4.78, 5) is 27.6. The summed E-state index contributed by atoms with van der Waals surface area (Å²) >= 11 is 1.67. The molecule has 0 spiro atoms. The quantitative estimate of drug-likeness (QED) is 0.769. The fourth-order valence-electron chi connectivity index (χ4n) is 2.63. The highest BCUT2D eigenvalue weighted by Crippen LogP contribution is 2.37. The van der Waals surface area contributed by atoms with Crippen molar-refractivity contribution in [3.63, 3.8) is 0 Å². The van der Waals surface area contributed by atoms with Crippen LogP contribution in [-0.4, -0.2) is 36.5 Å². The van der Waals surface area contributed by atoms with Crippen LogP contribution < -0.4 is 14.8 Å². The van der Waals surface area contributed by atoms with Gasteiger partial charge in [0.15, 0.2) is 17.3 Å². The van der Waals surface area contributed by atoms with Crippen molar-refractivity contribution in [2.45, 2.75) is 20.4 Å². The molecule has 132 valence electrons. The molecule has 3 rings (SSSR count). The van der Waals surface area contributed by atoms with E-state index in [9.17, 15) is 9.59 Å². The molecule has 0 atom stereocenters. The number of thiophene rings is 1. The van der Waals surface area contributed by atoms with Crippen LogP contribution in [0.3, 0.4) is 0 Å². The number of nitrogens with one attached hydrogen (secondary N) is 1. The van der Waals surface area contributed by atoms with Gasteiger partial charge in [-0.05, 0) is 31.0 Å². The predicted molar refractivity (Wildman–Crippen MR) is 96.5 cm³/mol. The molecule has 1 aliphatic rings. The Bertz CT molecular complexity index is 774. The van der Waals surface area contributed by atoms with Gasteiger partial charge in [0.05, 0.1) is 12.2 Å². The van der Waals surface area contributed by atoms with E-state index in [1.165, 1.54) is 11.8 Å². The van der Waals surface area contributed by atoms with Gasteiger partial charge in [-0.3, -0.25) is 14.5 Å². The van der Waals surface area contributed by atoms with Crippen LogP contribution in [0.1, 0.15) is 29.1 Å². The number of amides is 1. The van der Waals surface area contributed by atoms with Gasteiger partial charge in [0.2, 0.25) is 12.7 Å². The van der Waals surface area contributed by atoms with E-state index in [1.54, 1.807) is 23.5 Å². The molecule has 0 saturated carbocycles. The minimum atomic E-state index is -0.167. The maximum Gasteiger partial charge on any atom is 0.238 e. The zero-order valence-electron chi connectivity index (χ0n) is 14.2. The minimum Gasteiger partial charge on any atom is -0.454 e. The van der Waals surface area contributed by atoms with Crippen molar-refractivity contribution in [1.82, 2.24) is 4.90 Å². The van der Waals surface area contributed by atoms with Crippen LogP contribution in [0.5, 0.6) is 11.5 Å². The number of ketones is 1. The first-order chi connectivity index (χ1) is 12.1. The second-order valence-corrected chi connectivity index (χ2v) is 6.77. The average molecular weight is 360 g/mol. The minimum absolute atomic E-state index is 0.120. The third-order valence-electron chi connectivity index (χ3n) is 3.94. The lowest BCUT2D eigenvalue weighted by Crippen LogP contribution is -2.32. The van der Waals surface area contributed by atoms with Gasteiger partial charge in [-0.2, -0.15) is 0 Å². The van der Waals surface area contributed by atoms with Crippen LogP contribution in [0.2, 0.25) is 0 Å². The monoisotopic (exact) mass is 360 g/mol. The molecule has 0 bridgehead atoms. The Kier molecular flexibility index (Phi) is 5.35. The second-order valence-electron chi connectivity index (χ2n) is 5.74. The lowest BCUT2D eigenvalue weighted by Gasteiger charge is -2.19. The molecule has 0 aliphatic carbocycles. The number of likely N-dealkylation sites (N-methyl/N-ethyl adjacent to an activating group) is 1. The molecule has 2 aromatic rings. The Labute approximate surface area is 150 Å². The Hall–Kier alpha value is -2.38. The highest BCUT2D eigenvalue weighted by molar-refractivity contribution is 7.09. The van der Waals surface area contributed by atoms with Crippen molar-refractivity contribution in [1.29, 1.82) is 0 Å². The van der Waals surface area contributed by atoms with Crippen LogP contribution in [-0.2, 0) is 11.3 Å². The molecule has 1 amide bonds. The number of nitrogens with zero attached hydrogens (tertiary/aromatic N) is 1. The van der Waals surface area contributed by atoms with Gasteiger partial charge in [0.25, 0.3) is 0 Å². The molecule has 6 nitrogen and oxygen atoms in total. The summed E-state index contributed by atoms with van der Waals surface area (Å²) in [5.74, 6) is 0.751. The number of ether oxygens (including phenoxy) is 2. The smallest absolute Gasteiger partial charge is 0.238 e. The fourth-order valence-corrected chi connectivity index (χ4v) is 3.38. The number of carbonyl (C=O) groups excluding carboxylic acids is 2. The van der Waals surface area contributed by atoms with E-state index in [0.717, 1.165) is 13.1 Å². The standard InChI is InChI=1S/C18H20N2O4S/c1-3-20(9-13-5-4-6-25-13)10-18(22)19-15-8-17-16(23-11-24-17)7-14(15)12(2)21/h4-8H,3,9-11H2,1-2H3,(H,19,22). The molecule has 0 unspecified atom stereocenters. The van der Waals surface area contributed by atoms with Crippen LogP contribution >= 0.6 is 11.3 Å². The lowest BCUT2D eigenvalue weighted by molar-refractivity contribution is -0.117. The van der Waals surface area contributed by atoms with Gasteiger partial charge in [0, 0.05) is 23.1 Å². The summed E-state index contributed by atoms with van der Waals surface area (Å²) in [5.41, 5.74) is 0.868. The Morgan fingerprint density at radius 1 is 1.28 bits per heavy atom. The first-order valence-electron chi connectivity index (χ1n) is 8.06. The molecule has 1 aliphatic heterocycles. The van der Waals surface area contributed by atoms with Gasteiger partial charge < -0.3 is 14.8 Å². The second kappa shape index (κ2) is 7.67. The highest BCUT2D eigenvalue weighted by atomic mass is 32.1. The number of hydrogen-bond acceptors (Lipinski definition) is 6. The van der Waals surface area contributed by atoms with Gasteiger partial charge in [-0.15, -0.1) is 11.3 Å². The van der Waals surface area contributed by atoms with Crippen molar-refractivity contribution in [2.24, 2.45) is 0 Å². The zero-order valence-corrected chi connectivity index (χ0v) is 15.0. The number of benzene rings is 1. The van der Waals surface area contributed by atoms with Crippen molar-refractivity contribution in [3.8, 4) is 11.5 Å². The number of Topliss-reactive ketones (excluding diaryl/α,β-unsaturated/α-hetero) is 1. The Morgan fingerprint density at radius 3 is 2.68 bits per heavy atom. The van der Waals surface area contributed by atoms with E-state index < -0.39 is 0 Å². The third kappa shape index (κ3) is 4.18. The molecule has 1 N–H and O–H groups in total. The molecule has 7 heteroatoms. The van der Waals surface area contributed by atoms with E-state index in [4.69, 9.17) is 9.47 Å². The van der Waals surface area contributed by atoms with Crippen molar-refractivity contribution >= 4 is 28.7 Å². The maximum absolute atomic E-state index is 12.5. The van der Waals surface area contributed by atoms with Crippen LogP contribution in [0.25, 0.3) is 0 Å². The van der Waals surface area contributed by atoms with Crippen LogP contribution in [0.15, 0.2) is 29.6 Å². The first kappa shape index (κ1) is 17.4. The summed E-state index contributed by atoms with van der Waals surface area (Å²) in [6.45, 7) is 5.33. The molecule has 0 fully saturated rings. The molecule has 1 aromatic heterocycles. The first-order valence-corrected chi connectivity index (χ1v) is 8.94. The summed E-state index contributed by atoms with van der Waals surface area (Å²) in [5, 5.41) is 4.86. The number of fused-ring (bicyclic) bond motifs is 1. The van der Waals surface area contributed by atoms with Crippen molar-refractivity contribution in [2.75, 3.05) is 25.2 Å². The summed E-state index contributed by atoms with van der Waals surface area (Å²) in [7, 11) is 0. The van der Waals surface area contributed by atoms with Crippen molar-refractivity contribution < 1.29 is 19.1 Å². The molecule has 1 aromatic carbocycles. The number of hydrogen-bond donors (Lipinski definition) is 1.